The van der Waals surface area contributed by atoms with Crippen LogP contribution in [0.15, 0.2) is 12.5 Å². The SMILES string of the molecule is CCC(CSC)NCc1cncn1C. The quantitative estimate of drug-likeness (QED) is 0.779. The molecule has 1 aromatic heterocycles. The minimum absolute atomic E-state index is 0.611. The molecular formula is C10H19N3S. The Bertz CT molecular complexity index is 260. The number of aromatic nitrogens is 2. The number of hydrogen-bond donors (Lipinski definition) is 1. The summed E-state index contributed by atoms with van der Waals surface area (Å²) in [5.41, 5.74) is 1.24. The lowest BCUT2D eigenvalue weighted by molar-refractivity contribution is 0.529. The molecule has 3 nitrogen and oxygen atoms in total. The smallest absolute Gasteiger partial charge is 0.0945 e. The lowest BCUT2D eigenvalue weighted by atomic mass is 10.2. The van der Waals surface area contributed by atoms with Crippen LogP contribution in [0.5, 0.6) is 0 Å². The van der Waals surface area contributed by atoms with Crippen LogP contribution in [0.1, 0.15) is 19.0 Å². The van der Waals surface area contributed by atoms with Crippen molar-refractivity contribution in [3.63, 3.8) is 0 Å². The van der Waals surface area contributed by atoms with Gasteiger partial charge in [0, 0.05) is 31.6 Å². The van der Waals surface area contributed by atoms with Crippen molar-refractivity contribution < 1.29 is 0 Å². The van der Waals surface area contributed by atoms with Crippen LogP contribution in [-0.4, -0.2) is 27.6 Å². The molecule has 0 saturated heterocycles. The van der Waals surface area contributed by atoms with E-state index in [4.69, 9.17) is 0 Å². The fourth-order valence-electron chi connectivity index (χ4n) is 1.33. The number of nitrogens with one attached hydrogen (secondary N) is 1. The minimum Gasteiger partial charge on any atom is -0.337 e. The highest BCUT2D eigenvalue weighted by Crippen LogP contribution is 2.03. The first-order chi connectivity index (χ1) is 6.77. The number of nitrogens with zero attached hydrogens (tertiary/aromatic N) is 2. The van der Waals surface area contributed by atoms with Gasteiger partial charge in [0.2, 0.25) is 0 Å². The maximum absolute atomic E-state index is 4.09. The highest BCUT2D eigenvalue weighted by molar-refractivity contribution is 7.98. The summed E-state index contributed by atoms with van der Waals surface area (Å²) >= 11 is 1.89. The maximum Gasteiger partial charge on any atom is 0.0945 e. The second kappa shape index (κ2) is 6.09. The van der Waals surface area contributed by atoms with E-state index in [1.54, 1.807) is 0 Å². The lowest BCUT2D eigenvalue weighted by Crippen LogP contribution is -2.30. The van der Waals surface area contributed by atoms with Crippen LogP contribution >= 0.6 is 11.8 Å². The minimum atomic E-state index is 0.611. The Labute approximate surface area is 90.3 Å². The summed E-state index contributed by atoms with van der Waals surface area (Å²) in [6.45, 7) is 3.13. The molecule has 0 amide bonds. The summed E-state index contributed by atoms with van der Waals surface area (Å²) in [6, 6.07) is 0.611. The molecular weight excluding hydrogens is 194 g/mol. The zero-order valence-corrected chi connectivity index (χ0v) is 9.97. The Hall–Kier alpha value is -0.480. The molecule has 0 saturated carbocycles. The maximum atomic E-state index is 4.09. The normalized spacial score (nSPS) is 13.1. The number of hydrogen-bond acceptors (Lipinski definition) is 3. The van der Waals surface area contributed by atoms with E-state index in [0.717, 1.165) is 6.54 Å². The van der Waals surface area contributed by atoms with Crippen molar-refractivity contribution in [3.8, 4) is 0 Å². The zero-order valence-electron chi connectivity index (χ0n) is 9.16. The molecule has 0 aliphatic rings. The van der Waals surface area contributed by atoms with E-state index < -0.39 is 0 Å². The molecule has 1 rings (SSSR count). The molecule has 0 aromatic carbocycles. The molecule has 0 radical (unpaired) electrons. The Morgan fingerprint density at radius 1 is 1.64 bits per heavy atom. The molecule has 1 aromatic rings. The third-order valence-corrected chi connectivity index (χ3v) is 3.08. The summed E-state index contributed by atoms with van der Waals surface area (Å²) in [6.07, 6.45) is 7.08. The Balaban J connectivity index is 2.35. The van der Waals surface area contributed by atoms with Gasteiger partial charge in [-0.05, 0) is 12.7 Å². The van der Waals surface area contributed by atoms with Crippen LogP contribution < -0.4 is 5.32 Å². The summed E-state index contributed by atoms with van der Waals surface area (Å²) in [4.78, 5) is 4.09. The third-order valence-electron chi connectivity index (χ3n) is 2.35. The fraction of sp³-hybridized carbons (Fsp3) is 0.700. The van der Waals surface area contributed by atoms with E-state index in [9.17, 15) is 0 Å². The van der Waals surface area contributed by atoms with Gasteiger partial charge in [0.25, 0.3) is 0 Å². The molecule has 14 heavy (non-hydrogen) atoms. The van der Waals surface area contributed by atoms with Gasteiger partial charge in [0.1, 0.15) is 0 Å². The van der Waals surface area contributed by atoms with Gasteiger partial charge in [-0.1, -0.05) is 6.92 Å². The molecule has 0 fully saturated rings. The van der Waals surface area contributed by atoms with Gasteiger partial charge in [-0.2, -0.15) is 11.8 Å². The number of imidazole rings is 1. The lowest BCUT2D eigenvalue weighted by Gasteiger charge is -2.15. The Kier molecular flexibility index (Phi) is 5.04. The number of aryl methyl sites for hydroxylation is 1. The summed E-state index contributed by atoms with van der Waals surface area (Å²) in [7, 11) is 2.03. The highest BCUT2D eigenvalue weighted by atomic mass is 32.2. The molecule has 0 aliphatic carbocycles. The van der Waals surface area contributed by atoms with Crippen LogP contribution in [-0.2, 0) is 13.6 Å². The van der Waals surface area contributed by atoms with E-state index in [0.29, 0.717) is 6.04 Å². The van der Waals surface area contributed by atoms with Crippen molar-refractivity contribution in [2.24, 2.45) is 7.05 Å². The van der Waals surface area contributed by atoms with Gasteiger partial charge in [0.15, 0.2) is 0 Å². The largest absolute Gasteiger partial charge is 0.337 e. The zero-order chi connectivity index (χ0) is 10.4. The van der Waals surface area contributed by atoms with Crippen molar-refractivity contribution in [2.75, 3.05) is 12.0 Å². The van der Waals surface area contributed by atoms with Crippen molar-refractivity contribution in [3.05, 3.63) is 18.2 Å². The van der Waals surface area contributed by atoms with Crippen molar-refractivity contribution in [2.45, 2.75) is 25.9 Å². The molecule has 0 aliphatic heterocycles. The van der Waals surface area contributed by atoms with Gasteiger partial charge < -0.3 is 9.88 Å². The van der Waals surface area contributed by atoms with Crippen molar-refractivity contribution in [1.29, 1.82) is 0 Å². The standard InChI is InChI=1S/C10H19N3S/c1-4-9(7-14-3)12-6-10-5-11-8-13(10)2/h5,8-9,12H,4,6-7H2,1-3H3. The van der Waals surface area contributed by atoms with E-state index in [2.05, 4.69) is 28.0 Å². The fourth-order valence-corrected chi connectivity index (χ4v) is 2.08. The predicted molar refractivity (Wildman–Crippen MR) is 62.5 cm³/mol. The van der Waals surface area contributed by atoms with Crippen molar-refractivity contribution >= 4 is 11.8 Å². The van der Waals surface area contributed by atoms with Gasteiger partial charge in [0.05, 0.1) is 12.0 Å². The molecule has 1 heterocycles. The van der Waals surface area contributed by atoms with E-state index in [1.165, 1.54) is 17.9 Å². The van der Waals surface area contributed by atoms with Gasteiger partial charge in [-0.15, -0.1) is 0 Å². The first-order valence-corrected chi connectivity index (χ1v) is 6.34. The first kappa shape index (κ1) is 11.6. The Morgan fingerprint density at radius 2 is 2.43 bits per heavy atom. The van der Waals surface area contributed by atoms with Crippen LogP contribution in [0, 0.1) is 0 Å². The first-order valence-electron chi connectivity index (χ1n) is 4.95. The van der Waals surface area contributed by atoms with Gasteiger partial charge in [-0.25, -0.2) is 4.98 Å². The van der Waals surface area contributed by atoms with Gasteiger partial charge in [-0.3, -0.25) is 0 Å². The third kappa shape index (κ3) is 3.35. The van der Waals surface area contributed by atoms with E-state index in [1.807, 2.05) is 31.3 Å². The molecule has 4 heteroatoms. The average Bonchev–Trinajstić information content (AvgIpc) is 2.59. The summed E-state index contributed by atoms with van der Waals surface area (Å²) in [5.74, 6) is 1.17. The molecule has 1 N–H and O–H groups in total. The number of thioether (sulfide) groups is 1. The average molecular weight is 213 g/mol. The second-order valence-corrected chi connectivity index (χ2v) is 4.35. The molecule has 80 valence electrons. The molecule has 1 unspecified atom stereocenters. The summed E-state index contributed by atoms with van der Waals surface area (Å²) < 4.78 is 2.05. The van der Waals surface area contributed by atoms with Crippen LogP contribution in [0.4, 0.5) is 0 Å². The highest BCUT2D eigenvalue weighted by Gasteiger charge is 2.05. The molecule has 1 atom stereocenters. The van der Waals surface area contributed by atoms with E-state index >= 15 is 0 Å². The van der Waals surface area contributed by atoms with Crippen LogP contribution in [0.25, 0.3) is 0 Å². The van der Waals surface area contributed by atoms with Gasteiger partial charge >= 0.3 is 0 Å². The Morgan fingerprint density at radius 3 is 2.93 bits per heavy atom. The topological polar surface area (TPSA) is 29.9 Å². The second-order valence-electron chi connectivity index (χ2n) is 3.44. The molecule has 0 bridgehead atoms. The monoisotopic (exact) mass is 213 g/mol. The molecule has 0 spiro atoms. The van der Waals surface area contributed by atoms with E-state index in [-0.39, 0.29) is 0 Å². The summed E-state index contributed by atoms with van der Waals surface area (Å²) in [5, 5.41) is 3.53. The number of rotatable bonds is 6. The van der Waals surface area contributed by atoms with Crippen LogP contribution in [0.3, 0.4) is 0 Å². The van der Waals surface area contributed by atoms with Crippen molar-refractivity contribution in [1.82, 2.24) is 14.9 Å². The van der Waals surface area contributed by atoms with Crippen LogP contribution in [0.2, 0.25) is 0 Å². The predicted octanol–water partition coefficient (Wildman–Crippen LogP) is 1.65.